The van der Waals surface area contributed by atoms with Crippen LogP contribution in [0.1, 0.15) is 44.9 Å². The third kappa shape index (κ3) is 3.18. The third-order valence-corrected chi connectivity index (χ3v) is 4.88. The first-order valence-corrected chi connectivity index (χ1v) is 7.61. The van der Waals surface area contributed by atoms with Gasteiger partial charge in [0.1, 0.15) is 0 Å². The Morgan fingerprint density at radius 2 is 1.68 bits per heavy atom. The number of hydrogen-bond acceptors (Lipinski definition) is 2. The fraction of sp³-hybridized carbons (Fsp3) is 0.647. The van der Waals surface area contributed by atoms with Crippen LogP contribution in [0, 0.1) is 11.8 Å². The summed E-state index contributed by atoms with van der Waals surface area (Å²) in [6, 6.07) is 9.34. The van der Waals surface area contributed by atoms with Gasteiger partial charge in [0.2, 0.25) is 0 Å². The van der Waals surface area contributed by atoms with Crippen molar-refractivity contribution >= 4 is 0 Å². The SMILES string of the molecule is CCc1ccc(C(N)C(C)N2CC(C)C(C)C2)cc1. The molecule has 1 saturated heterocycles. The second-order valence-electron chi connectivity index (χ2n) is 6.27. The van der Waals surface area contributed by atoms with Crippen molar-refractivity contribution < 1.29 is 0 Å². The minimum absolute atomic E-state index is 0.114. The Morgan fingerprint density at radius 3 is 2.16 bits per heavy atom. The van der Waals surface area contributed by atoms with Gasteiger partial charge >= 0.3 is 0 Å². The highest BCUT2D eigenvalue weighted by molar-refractivity contribution is 5.25. The van der Waals surface area contributed by atoms with Crippen LogP contribution in [0.15, 0.2) is 24.3 Å². The topological polar surface area (TPSA) is 29.3 Å². The Labute approximate surface area is 118 Å². The molecule has 0 aromatic heterocycles. The van der Waals surface area contributed by atoms with Crippen molar-refractivity contribution in [2.45, 2.75) is 46.2 Å². The molecule has 2 heteroatoms. The van der Waals surface area contributed by atoms with E-state index in [-0.39, 0.29) is 6.04 Å². The molecule has 1 heterocycles. The lowest BCUT2D eigenvalue weighted by Gasteiger charge is -2.30. The summed E-state index contributed by atoms with van der Waals surface area (Å²) < 4.78 is 0. The van der Waals surface area contributed by atoms with Crippen molar-refractivity contribution in [2.75, 3.05) is 13.1 Å². The normalized spacial score (nSPS) is 27.4. The molecule has 1 aromatic carbocycles. The van der Waals surface area contributed by atoms with Crippen molar-refractivity contribution in [3.05, 3.63) is 35.4 Å². The lowest BCUT2D eigenvalue weighted by atomic mass is 9.98. The van der Waals surface area contributed by atoms with Crippen LogP contribution in [-0.2, 0) is 6.42 Å². The zero-order chi connectivity index (χ0) is 14.0. The molecule has 2 nitrogen and oxygen atoms in total. The van der Waals surface area contributed by atoms with E-state index in [9.17, 15) is 0 Å². The zero-order valence-electron chi connectivity index (χ0n) is 12.8. The quantitative estimate of drug-likeness (QED) is 0.900. The Bertz CT molecular complexity index is 388. The van der Waals surface area contributed by atoms with Gasteiger partial charge in [0.25, 0.3) is 0 Å². The van der Waals surface area contributed by atoms with Crippen molar-refractivity contribution in [3.63, 3.8) is 0 Å². The minimum Gasteiger partial charge on any atom is -0.323 e. The Balaban J connectivity index is 2.03. The van der Waals surface area contributed by atoms with Crippen LogP contribution in [0.3, 0.4) is 0 Å². The van der Waals surface area contributed by atoms with Gasteiger partial charge in [-0.3, -0.25) is 4.90 Å². The van der Waals surface area contributed by atoms with Gasteiger partial charge in [0.15, 0.2) is 0 Å². The van der Waals surface area contributed by atoms with Crippen molar-refractivity contribution in [2.24, 2.45) is 17.6 Å². The van der Waals surface area contributed by atoms with E-state index in [1.54, 1.807) is 0 Å². The molecule has 1 aromatic rings. The van der Waals surface area contributed by atoms with Crippen LogP contribution in [0.4, 0.5) is 0 Å². The van der Waals surface area contributed by atoms with Crippen LogP contribution >= 0.6 is 0 Å². The molecule has 0 radical (unpaired) electrons. The zero-order valence-corrected chi connectivity index (χ0v) is 12.8. The Morgan fingerprint density at radius 1 is 1.16 bits per heavy atom. The van der Waals surface area contributed by atoms with E-state index in [2.05, 4.69) is 56.9 Å². The molecule has 0 aliphatic carbocycles. The first-order chi connectivity index (χ1) is 9.02. The number of nitrogens with two attached hydrogens (primary N) is 1. The van der Waals surface area contributed by atoms with Crippen LogP contribution in [0.25, 0.3) is 0 Å². The highest BCUT2D eigenvalue weighted by Crippen LogP contribution is 2.28. The second kappa shape index (κ2) is 6.06. The molecule has 2 N–H and O–H groups in total. The number of likely N-dealkylation sites (tertiary alicyclic amines) is 1. The predicted molar refractivity (Wildman–Crippen MR) is 82.1 cm³/mol. The molecule has 4 atom stereocenters. The van der Waals surface area contributed by atoms with Gasteiger partial charge in [-0.05, 0) is 36.3 Å². The molecule has 0 saturated carbocycles. The molecule has 1 fully saturated rings. The first kappa shape index (κ1) is 14.5. The minimum atomic E-state index is 0.114. The van der Waals surface area contributed by atoms with E-state index < -0.39 is 0 Å². The van der Waals surface area contributed by atoms with Crippen LogP contribution in [0.2, 0.25) is 0 Å². The number of nitrogens with zero attached hydrogens (tertiary/aromatic N) is 1. The summed E-state index contributed by atoms with van der Waals surface area (Å²) in [5.74, 6) is 1.58. The van der Waals surface area contributed by atoms with E-state index >= 15 is 0 Å². The monoisotopic (exact) mass is 260 g/mol. The lowest BCUT2D eigenvalue weighted by Crippen LogP contribution is -2.39. The molecular formula is C17H28N2. The van der Waals surface area contributed by atoms with E-state index in [0.29, 0.717) is 6.04 Å². The van der Waals surface area contributed by atoms with Gasteiger partial charge in [0, 0.05) is 25.2 Å². The third-order valence-electron chi connectivity index (χ3n) is 4.88. The van der Waals surface area contributed by atoms with Crippen molar-refractivity contribution in [3.8, 4) is 0 Å². The van der Waals surface area contributed by atoms with Gasteiger partial charge in [-0.2, -0.15) is 0 Å². The highest BCUT2D eigenvalue weighted by Gasteiger charge is 2.31. The molecule has 0 bridgehead atoms. The van der Waals surface area contributed by atoms with Crippen molar-refractivity contribution in [1.29, 1.82) is 0 Å². The molecule has 1 aliphatic rings. The standard InChI is InChI=1S/C17H28N2/c1-5-15-6-8-16(9-7-15)17(18)14(4)19-10-12(2)13(3)11-19/h6-9,12-14,17H,5,10-11,18H2,1-4H3. The maximum Gasteiger partial charge on any atom is 0.0450 e. The van der Waals surface area contributed by atoms with E-state index in [1.165, 1.54) is 24.2 Å². The summed E-state index contributed by atoms with van der Waals surface area (Å²) in [6.07, 6.45) is 1.09. The van der Waals surface area contributed by atoms with Crippen LogP contribution in [0.5, 0.6) is 0 Å². The average molecular weight is 260 g/mol. The number of benzene rings is 1. The highest BCUT2D eigenvalue weighted by atomic mass is 15.2. The van der Waals surface area contributed by atoms with Gasteiger partial charge in [-0.25, -0.2) is 0 Å². The largest absolute Gasteiger partial charge is 0.323 e. The second-order valence-corrected chi connectivity index (χ2v) is 6.27. The van der Waals surface area contributed by atoms with Crippen LogP contribution in [-0.4, -0.2) is 24.0 Å². The van der Waals surface area contributed by atoms with Gasteiger partial charge in [0.05, 0.1) is 0 Å². The average Bonchev–Trinajstić information content (AvgIpc) is 2.77. The number of aryl methyl sites for hydroxylation is 1. The van der Waals surface area contributed by atoms with Crippen LogP contribution < -0.4 is 5.73 Å². The van der Waals surface area contributed by atoms with Gasteiger partial charge in [-0.15, -0.1) is 0 Å². The molecule has 106 valence electrons. The molecule has 0 amide bonds. The van der Waals surface area contributed by atoms with E-state index in [4.69, 9.17) is 5.73 Å². The number of rotatable bonds is 4. The molecule has 2 rings (SSSR count). The Kier molecular flexibility index (Phi) is 4.64. The summed E-state index contributed by atoms with van der Waals surface area (Å²) >= 11 is 0. The smallest absolute Gasteiger partial charge is 0.0450 e. The molecule has 1 aliphatic heterocycles. The summed E-state index contributed by atoms with van der Waals surface area (Å²) in [5.41, 5.74) is 9.10. The maximum absolute atomic E-state index is 6.46. The van der Waals surface area contributed by atoms with Gasteiger partial charge in [-0.1, -0.05) is 45.0 Å². The fourth-order valence-electron chi connectivity index (χ4n) is 2.99. The van der Waals surface area contributed by atoms with E-state index in [0.717, 1.165) is 18.3 Å². The maximum atomic E-state index is 6.46. The molecular weight excluding hydrogens is 232 g/mol. The summed E-state index contributed by atoms with van der Waals surface area (Å²) in [5, 5.41) is 0. The lowest BCUT2D eigenvalue weighted by molar-refractivity contribution is 0.218. The summed E-state index contributed by atoms with van der Waals surface area (Å²) in [4.78, 5) is 2.55. The van der Waals surface area contributed by atoms with Crippen molar-refractivity contribution in [1.82, 2.24) is 4.90 Å². The predicted octanol–water partition coefficient (Wildman–Crippen LogP) is 3.23. The molecule has 0 spiro atoms. The number of hydrogen-bond donors (Lipinski definition) is 1. The fourth-order valence-corrected chi connectivity index (χ4v) is 2.99. The molecule has 19 heavy (non-hydrogen) atoms. The summed E-state index contributed by atoms with van der Waals surface area (Å²) in [6.45, 7) is 11.5. The van der Waals surface area contributed by atoms with Gasteiger partial charge < -0.3 is 5.73 Å². The molecule has 4 unspecified atom stereocenters. The van der Waals surface area contributed by atoms with E-state index in [1.807, 2.05) is 0 Å². The Hall–Kier alpha value is -0.860. The first-order valence-electron chi connectivity index (χ1n) is 7.61. The summed E-state index contributed by atoms with van der Waals surface area (Å²) in [7, 11) is 0.